The maximum Gasteiger partial charge on any atom is 0.0574 e. The minimum Gasteiger partial charge on any atom is -0.393 e. The lowest BCUT2D eigenvalue weighted by Gasteiger charge is -2.08. The molecule has 2 N–H and O–H groups in total. The van der Waals surface area contributed by atoms with Gasteiger partial charge >= 0.3 is 0 Å². The van der Waals surface area contributed by atoms with Gasteiger partial charge in [0.2, 0.25) is 0 Å². The van der Waals surface area contributed by atoms with Crippen molar-refractivity contribution in [3.8, 4) is 0 Å². The predicted octanol–water partition coefficient (Wildman–Crippen LogP) is 4.99. The molecule has 0 aromatic carbocycles. The summed E-state index contributed by atoms with van der Waals surface area (Å²) in [5.74, 6) is 0. The summed E-state index contributed by atoms with van der Waals surface area (Å²) in [7, 11) is 0. The highest BCUT2D eigenvalue weighted by molar-refractivity contribution is 4.84. The van der Waals surface area contributed by atoms with Crippen LogP contribution in [0.2, 0.25) is 0 Å². The molecular weight excluding hydrogens is 248 g/mol. The summed E-state index contributed by atoms with van der Waals surface area (Å²) in [5.41, 5.74) is 0. The highest BCUT2D eigenvalue weighted by Crippen LogP contribution is 2.10. The van der Waals surface area contributed by atoms with E-state index in [4.69, 9.17) is 5.11 Å². The van der Waals surface area contributed by atoms with Crippen LogP contribution in [0.4, 0.5) is 0 Å². The molecule has 0 aromatic heterocycles. The van der Waals surface area contributed by atoms with Gasteiger partial charge in [-0.05, 0) is 39.0 Å². The second-order valence-corrected chi connectivity index (χ2v) is 6.05. The standard InChI is InChI=1S/C18H36O2/c1-3-4-5-6-7-8-9-10-11-15-18(20)16-13-12-14-17(2)19/h10-11,17-20H,3-9,12-16H2,1-2H3/b11-10+. The number of aliphatic hydroxyl groups excluding tert-OH is 2. The first-order chi connectivity index (χ1) is 9.66. The number of hydrogen-bond acceptors (Lipinski definition) is 2. The van der Waals surface area contributed by atoms with Crippen molar-refractivity contribution in [2.24, 2.45) is 0 Å². The molecule has 0 amide bonds. The maximum atomic E-state index is 9.80. The van der Waals surface area contributed by atoms with Crippen LogP contribution in [0.3, 0.4) is 0 Å². The van der Waals surface area contributed by atoms with Gasteiger partial charge in [0.1, 0.15) is 0 Å². The zero-order chi connectivity index (χ0) is 15.1. The van der Waals surface area contributed by atoms with Gasteiger partial charge < -0.3 is 10.2 Å². The van der Waals surface area contributed by atoms with Crippen LogP contribution in [0.5, 0.6) is 0 Å². The molecule has 0 aliphatic carbocycles. The van der Waals surface area contributed by atoms with E-state index in [0.29, 0.717) is 0 Å². The lowest BCUT2D eigenvalue weighted by Crippen LogP contribution is -2.05. The maximum absolute atomic E-state index is 9.80. The normalized spacial score (nSPS) is 14.8. The van der Waals surface area contributed by atoms with Crippen LogP contribution in [0, 0.1) is 0 Å². The molecule has 0 fully saturated rings. The molecule has 0 spiro atoms. The largest absolute Gasteiger partial charge is 0.393 e. The minimum absolute atomic E-state index is 0.204. The fourth-order valence-electron chi connectivity index (χ4n) is 2.35. The lowest BCUT2D eigenvalue weighted by molar-refractivity contribution is 0.153. The second-order valence-electron chi connectivity index (χ2n) is 6.05. The molecule has 2 atom stereocenters. The van der Waals surface area contributed by atoms with Crippen molar-refractivity contribution < 1.29 is 10.2 Å². The highest BCUT2D eigenvalue weighted by Gasteiger charge is 2.02. The van der Waals surface area contributed by atoms with Crippen molar-refractivity contribution in [3.63, 3.8) is 0 Å². The molecule has 2 nitrogen and oxygen atoms in total. The minimum atomic E-state index is -0.204. The molecule has 0 saturated heterocycles. The molecule has 0 aliphatic heterocycles. The van der Waals surface area contributed by atoms with Crippen molar-refractivity contribution >= 4 is 0 Å². The third-order valence-corrected chi connectivity index (χ3v) is 3.71. The van der Waals surface area contributed by atoms with Crippen LogP contribution >= 0.6 is 0 Å². The van der Waals surface area contributed by atoms with E-state index < -0.39 is 0 Å². The molecule has 0 rings (SSSR count). The smallest absolute Gasteiger partial charge is 0.0574 e. The van der Waals surface area contributed by atoms with Crippen LogP contribution in [-0.4, -0.2) is 22.4 Å². The van der Waals surface area contributed by atoms with Gasteiger partial charge in [-0.1, -0.05) is 64.0 Å². The molecule has 2 heteroatoms. The topological polar surface area (TPSA) is 40.5 Å². The molecular formula is C18H36O2. The van der Waals surface area contributed by atoms with Crippen LogP contribution in [0.1, 0.15) is 90.9 Å². The molecule has 0 bridgehead atoms. The Labute approximate surface area is 126 Å². The molecule has 0 saturated carbocycles. The SMILES string of the molecule is CCCCCCCC/C=C/CC(O)CCCCC(C)O. The number of hydrogen-bond donors (Lipinski definition) is 2. The summed E-state index contributed by atoms with van der Waals surface area (Å²) in [6, 6.07) is 0. The molecule has 0 aromatic rings. The molecule has 0 radical (unpaired) electrons. The Kier molecular flexibility index (Phi) is 14.8. The van der Waals surface area contributed by atoms with Gasteiger partial charge in [-0.15, -0.1) is 0 Å². The second kappa shape index (κ2) is 15.1. The fourth-order valence-corrected chi connectivity index (χ4v) is 2.35. The van der Waals surface area contributed by atoms with Gasteiger partial charge in [0.25, 0.3) is 0 Å². The first-order valence-corrected chi connectivity index (χ1v) is 8.68. The van der Waals surface area contributed by atoms with Gasteiger partial charge in [0, 0.05) is 0 Å². The molecule has 2 unspecified atom stereocenters. The van der Waals surface area contributed by atoms with Crippen molar-refractivity contribution in [2.45, 2.75) is 103 Å². The van der Waals surface area contributed by atoms with Gasteiger partial charge in [0.05, 0.1) is 12.2 Å². The van der Waals surface area contributed by atoms with Gasteiger partial charge in [0.15, 0.2) is 0 Å². The first kappa shape index (κ1) is 19.7. The average molecular weight is 284 g/mol. The van der Waals surface area contributed by atoms with Crippen LogP contribution in [0.25, 0.3) is 0 Å². The van der Waals surface area contributed by atoms with Crippen LogP contribution < -0.4 is 0 Å². The fraction of sp³-hybridized carbons (Fsp3) is 0.889. The third-order valence-electron chi connectivity index (χ3n) is 3.71. The average Bonchev–Trinajstić information content (AvgIpc) is 2.41. The number of unbranched alkanes of at least 4 members (excludes halogenated alkanes) is 7. The summed E-state index contributed by atoms with van der Waals surface area (Å²) in [4.78, 5) is 0. The van der Waals surface area contributed by atoms with E-state index in [1.54, 1.807) is 0 Å². The molecule has 120 valence electrons. The van der Waals surface area contributed by atoms with E-state index in [1.165, 1.54) is 38.5 Å². The van der Waals surface area contributed by atoms with Crippen molar-refractivity contribution in [1.29, 1.82) is 0 Å². The number of rotatable bonds is 14. The number of aliphatic hydroxyl groups is 2. The van der Waals surface area contributed by atoms with E-state index in [1.807, 2.05) is 6.92 Å². The van der Waals surface area contributed by atoms with Gasteiger partial charge in [-0.25, -0.2) is 0 Å². The zero-order valence-electron chi connectivity index (χ0n) is 13.7. The lowest BCUT2D eigenvalue weighted by atomic mass is 10.1. The third kappa shape index (κ3) is 15.7. The zero-order valence-corrected chi connectivity index (χ0v) is 13.7. The van der Waals surface area contributed by atoms with Gasteiger partial charge in [-0.2, -0.15) is 0 Å². The Morgan fingerprint density at radius 1 is 0.800 bits per heavy atom. The van der Waals surface area contributed by atoms with Crippen LogP contribution in [0.15, 0.2) is 12.2 Å². The van der Waals surface area contributed by atoms with E-state index in [0.717, 1.165) is 38.5 Å². The van der Waals surface area contributed by atoms with E-state index in [9.17, 15) is 5.11 Å². The van der Waals surface area contributed by atoms with Crippen molar-refractivity contribution in [1.82, 2.24) is 0 Å². The monoisotopic (exact) mass is 284 g/mol. The first-order valence-electron chi connectivity index (χ1n) is 8.68. The van der Waals surface area contributed by atoms with E-state index in [-0.39, 0.29) is 12.2 Å². The van der Waals surface area contributed by atoms with Crippen molar-refractivity contribution in [2.75, 3.05) is 0 Å². The summed E-state index contributed by atoms with van der Waals surface area (Å²) < 4.78 is 0. The van der Waals surface area contributed by atoms with Gasteiger partial charge in [-0.3, -0.25) is 0 Å². The Balaban J connectivity index is 3.27. The summed E-state index contributed by atoms with van der Waals surface area (Å²) in [6.07, 6.45) is 17.7. The Morgan fingerprint density at radius 2 is 1.45 bits per heavy atom. The molecule has 0 heterocycles. The highest BCUT2D eigenvalue weighted by atomic mass is 16.3. The summed E-state index contributed by atoms with van der Waals surface area (Å²) in [6.45, 7) is 4.07. The predicted molar refractivity (Wildman–Crippen MR) is 87.9 cm³/mol. The van der Waals surface area contributed by atoms with Crippen molar-refractivity contribution in [3.05, 3.63) is 12.2 Å². The number of allylic oxidation sites excluding steroid dienone is 1. The summed E-state index contributed by atoms with van der Waals surface area (Å²) in [5, 5.41) is 18.9. The molecule has 20 heavy (non-hydrogen) atoms. The Morgan fingerprint density at radius 3 is 2.15 bits per heavy atom. The Hall–Kier alpha value is -0.340. The quantitative estimate of drug-likeness (QED) is 0.348. The summed E-state index contributed by atoms with van der Waals surface area (Å²) >= 11 is 0. The van der Waals surface area contributed by atoms with E-state index in [2.05, 4.69) is 19.1 Å². The van der Waals surface area contributed by atoms with Crippen LogP contribution in [-0.2, 0) is 0 Å². The van der Waals surface area contributed by atoms with E-state index >= 15 is 0 Å². The Bertz CT molecular complexity index is 211. The molecule has 0 aliphatic rings.